The van der Waals surface area contributed by atoms with Crippen molar-refractivity contribution in [3.05, 3.63) is 24.0 Å². The molecule has 1 saturated heterocycles. The van der Waals surface area contributed by atoms with Gasteiger partial charge in [-0.15, -0.1) is 0 Å². The molecule has 2 fully saturated rings. The van der Waals surface area contributed by atoms with E-state index < -0.39 is 0 Å². The number of hydrogen-bond donors (Lipinski definition) is 1. The summed E-state index contributed by atoms with van der Waals surface area (Å²) in [4.78, 5) is 14.5. The number of nitrogens with zero attached hydrogens (tertiary/aromatic N) is 2. The van der Waals surface area contributed by atoms with Crippen LogP contribution in [-0.4, -0.2) is 34.5 Å². The smallest absolute Gasteiger partial charge is 0.270 e. The van der Waals surface area contributed by atoms with Crippen LogP contribution in [0.2, 0.25) is 0 Å². The third-order valence-electron chi connectivity index (χ3n) is 4.19. The second-order valence-electron chi connectivity index (χ2n) is 5.69. The largest absolute Gasteiger partial charge is 0.340 e. The van der Waals surface area contributed by atoms with E-state index in [4.69, 9.17) is 5.73 Å². The van der Waals surface area contributed by atoms with E-state index in [1.165, 1.54) is 12.8 Å². The standard InChI is InChI=1S/C14H21N3O/c1-10(15)11-6-8-16(9-11)14(18)13-3-2-7-17(13)12-4-5-12/h2-3,7,10-12H,4-6,8-9,15H2,1H3. The fourth-order valence-electron chi connectivity index (χ4n) is 2.81. The molecule has 2 atom stereocenters. The molecule has 3 rings (SSSR count). The van der Waals surface area contributed by atoms with E-state index >= 15 is 0 Å². The zero-order valence-corrected chi connectivity index (χ0v) is 10.9. The van der Waals surface area contributed by atoms with Gasteiger partial charge in [-0.2, -0.15) is 0 Å². The van der Waals surface area contributed by atoms with Gasteiger partial charge in [0, 0.05) is 31.4 Å². The van der Waals surface area contributed by atoms with Crippen molar-refractivity contribution in [1.29, 1.82) is 0 Å². The normalized spacial score (nSPS) is 25.4. The van der Waals surface area contributed by atoms with E-state index in [0.29, 0.717) is 12.0 Å². The van der Waals surface area contributed by atoms with Gasteiger partial charge in [0.25, 0.3) is 5.91 Å². The lowest BCUT2D eigenvalue weighted by atomic mass is 10.0. The van der Waals surface area contributed by atoms with Crippen LogP contribution >= 0.6 is 0 Å². The number of carbonyl (C=O) groups excluding carboxylic acids is 1. The van der Waals surface area contributed by atoms with E-state index in [9.17, 15) is 4.79 Å². The third-order valence-corrected chi connectivity index (χ3v) is 4.19. The number of hydrogen-bond acceptors (Lipinski definition) is 2. The highest BCUT2D eigenvalue weighted by Crippen LogP contribution is 2.36. The molecular formula is C14H21N3O. The van der Waals surface area contributed by atoms with Crippen LogP contribution < -0.4 is 5.73 Å². The highest BCUT2D eigenvalue weighted by atomic mass is 16.2. The zero-order valence-electron chi connectivity index (χ0n) is 10.9. The lowest BCUT2D eigenvalue weighted by molar-refractivity contribution is 0.0775. The minimum absolute atomic E-state index is 0.176. The highest BCUT2D eigenvalue weighted by Gasteiger charge is 2.32. The molecule has 1 aliphatic carbocycles. The molecule has 0 bridgehead atoms. The summed E-state index contributed by atoms with van der Waals surface area (Å²) >= 11 is 0. The Kier molecular flexibility index (Phi) is 2.90. The van der Waals surface area contributed by atoms with Crippen molar-refractivity contribution in [2.45, 2.75) is 38.3 Å². The van der Waals surface area contributed by atoms with Crippen LogP contribution in [-0.2, 0) is 0 Å². The third kappa shape index (κ3) is 2.05. The summed E-state index contributed by atoms with van der Waals surface area (Å²) in [6, 6.07) is 4.66. The van der Waals surface area contributed by atoms with Gasteiger partial charge < -0.3 is 15.2 Å². The number of amides is 1. The van der Waals surface area contributed by atoms with Crippen LogP contribution in [0.1, 0.15) is 42.7 Å². The summed E-state index contributed by atoms with van der Waals surface area (Å²) in [5.41, 5.74) is 6.77. The van der Waals surface area contributed by atoms with E-state index in [-0.39, 0.29) is 11.9 Å². The van der Waals surface area contributed by atoms with E-state index in [1.807, 2.05) is 30.2 Å². The van der Waals surface area contributed by atoms with Crippen LogP contribution in [0.3, 0.4) is 0 Å². The topological polar surface area (TPSA) is 51.3 Å². The maximum Gasteiger partial charge on any atom is 0.270 e. The van der Waals surface area contributed by atoms with Crippen molar-refractivity contribution in [2.24, 2.45) is 11.7 Å². The van der Waals surface area contributed by atoms with Gasteiger partial charge in [-0.3, -0.25) is 4.79 Å². The fraction of sp³-hybridized carbons (Fsp3) is 0.643. The van der Waals surface area contributed by atoms with Crippen molar-refractivity contribution in [3.63, 3.8) is 0 Å². The van der Waals surface area contributed by atoms with Crippen molar-refractivity contribution < 1.29 is 4.79 Å². The summed E-state index contributed by atoms with van der Waals surface area (Å²) < 4.78 is 2.14. The zero-order chi connectivity index (χ0) is 12.7. The Hall–Kier alpha value is -1.29. The molecule has 1 aromatic heterocycles. The second kappa shape index (κ2) is 4.43. The van der Waals surface area contributed by atoms with Crippen LogP contribution in [0.15, 0.2) is 18.3 Å². The molecule has 0 spiro atoms. The van der Waals surface area contributed by atoms with Crippen LogP contribution in [0.25, 0.3) is 0 Å². The van der Waals surface area contributed by atoms with Gasteiger partial charge in [-0.05, 0) is 44.2 Å². The molecule has 0 aromatic carbocycles. The van der Waals surface area contributed by atoms with Gasteiger partial charge in [-0.1, -0.05) is 0 Å². The van der Waals surface area contributed by atoms with Gasteiger partial charge in [-0.25, -0.2) is 0 Å². The molecule has 4 heteroatoms. The Bertz CT molecular complexity index is 448. The number of carbonyl (C=O) groups is 1. The molecule has 2 unspecified atom stereocenters. The molecule has 1 aliphatic heterocycles. The molecule has 4 nitrogen and oxygen atoms in total. The molecule has 18 heavy (non-hydrogen) atoms. The molecule has 2 N–H and O–H groups in total. The van der Waals surface area contributed by atoms with Gasteiger partial charge in [0.1, 0.15) is 5.69 Å². The monoisotopic (exact) mass is 247 g/mol. The Morgan fingerprint density at radius 3 is 2.83 bits per heavy atom. The summed E-state index contributed by atoms with van der Waals surface area (Å²) in [5, 5.41) is 0. The predicted octanol–water partition coefficient (Wildman–Crippen LogP) is 1.63. The maximum absolute atomic E-state index is 12.5. The first-order valence-electron chi connectivity index (χ1n) is 6.88. The number of aromatic nitrogens is 1. The summed E-state index contributed by atoms with van der Waals surface area (Å²) in [6.45, 7) is 3.69. The van der Waals surface area contributed by atoms with E-state index in [2.05, 4.69) is 4.57 Å². The average Bonchev–Trinajstić information content (AvgIpc) is 2.92. The lowest BCUT2D eigenvalue weighted by Crippen LogP contribution is -2.33. The first-order valence-corrected chi connectivity index (χ1v) is 6.88. The molecule has 0 radical (unpaired) electrons. The molecule has 1 amide bonds. The van der Waals surface area contributed by atoms with Gasteiger partial charge in [0.05, 0.1) is 0 Å². The van der Waals surface area contributed by atoms with Crippen LogP contribution in [0.5, 0.6) is 0 Å². The Labute approximate surface area is 108 Å². The van der Waals surface area contributed by atoms with Gasteiger partial charge >= 0.3 is 0 Å². The summed E-state index contributed by atoms with van der Waals surface area (Å²) in [7, 11) is 0. The number of rotatable bonds is 3. The molecule has 98 valence electrons. The Morgan fingerprint density at radius 1 is 1.44 bits per heavy atom. The summed E-state index contributed by atoms with van der Waals surface area (Å²) in [6.07, 6.45) is 5.48. The first kappa shape index (κ1) is 11.8. The molecule has 2 heterocycles. The molecule has 2 aliphatic rings. The van der Waals surface area contributed by atoms with Crippen molar-refractivity contribution in [2.75, 3.05) is 13.1 Å². The Balaban J connectivity index is 1.73. The summed E-state index contributed by atoms with van der Waals surface area (Å²) in [5.74, 6) is 0.633. The van der Waals surface area contributed by atoms with Gasteiger partial charge in [0.15, 0.2) is 0 Å². The second-order valence-corrected chi connectivity index (χ2v) is 5.69. The minimum atomic E-state index is 0.176. The predicted molar refractivity (Wildman–Crippen MR) is 70.4 cm³/mol. The molecular weight excluding hydrogens is 226 g/mol. The first-order chi connectivity index (χ1) is 8.66. The van der Waals surface area contributed by atoms with Crippen LogP contribution in [0.4, 0.5) is 0 Å². The van der Waals surface area contributed by atoms with Crippen molar-refractivity contribution in [3.8, 4) is 0 Å². The minimum Gasteiger partial charge on any atom is -0.340 e. The van der Waals surface area contributed by atoms with Crippen molar-refractivity contribution in [1.82, 2.24) is 9.47 Å². The highest BCUT2D eigenvalue weighted by molar-refractivity contribution is 5.93. The lowest BCUT2D eigenvalue weighted by Gasteiger charge is -2.19. The molecule has 1 aromatic rings. The van der Waals surface area contributed by atoms with Gasteiger partial charge in [0.2, 0.25) is 0 Å². The van der Waals surface area contributed by atoms with Crippen molar-refractivity contribution >= 4 is 5.91 Å². The quantitative estimate of drug-likeness (QED) is 0.882. The SMILES string of the molecule is CC(N)C1CCN(C(=O)c2cccn2C2CC2)C1. The van der Waals surface area contributed by atoms with E-state index in [1.54, 1.807) is 0 Å². The average molecular weight is 247 g/mol. The van der Waals surface area contributed by atoms with Crippen LogP contribution in [0, 0.1) is 5.92 Å². The Morgan fingerprint density at radius 2 is 2.22 bits per heavy atom. The molecule has 1 saturated carbocycles. The fourth-order valence-corrected chi connectivity index (χ4v) is 2.81. The number of likely N-dealkylation sites (tertiary alicyclic amines) is 1. The number of nitrogens with two attached hydrogens (primary N) is 1. The maximum atomic E-state index is 12.5. The van der Waals surface area contributed by atoms with E-state index in [0.717, 1.165) is 25.2 Å².